The Hall–Kier alpha value is -1.02. The van der Waals surface area contributed by atoms with E-state index in [4.69, 9.17) is 23.2 Å². The Kier molecular flexibility index (Phi) is 3.49. The summed E-state index contributed by atoms with van der Waals surface area (Å²) >= 11 is 11.9. The van der Waals surface area contributed by atoms with Crippen molar-refractivity contribution in [2.45, 2.75) is 6.10 Å². The number of halogens is 2. The Morgan fingerprint density at radius 1 is 0.938 bits per heavy atom. The minimum absolute atomic E-state index is 0.515. The molecule has 2 aromatic rings. The Morgan fingerprint density at radius 3 is 2.31 bits per heavy atom. The summed E-state index contributed by atoms with van der Waals surface area (Å²) in [5.74, 6) is 0. The van der Waals surface area contributed by atoms with Gasteiger partial charge in [0.25, 0.3) is 0 Å². The van der Waals surface area contributed by atoms with E-state index >= 15 is 0 Å². The third-order valence-electron chi connectivity index (χ3n) is 2.37. The molecule has 0 aliphatic rings. The number of hydrogen-bond acceptors (Lipinski definition) is 1. The number of benzene rings is 2. The smallest absolute Gasteiger partial charge is 0.106 e. The first-order valence-corrected chi connectivity index (χ1v) is 5.62. The Balaban J connectivity index is 2.41. The molecular weight excluding hydrogens is 243 g/mol. The van der Waals surface area contributed by atoms with E-state index < -0.39 is 6.10 Å². The second-order valence-electron chi connectivity index (χ2n) is 3.48. The van der Waals surface area contributed by atoms with E-state index in [0.29, 0.717) is 15.6 Å². The average molecular weight is 253 g/mol. The van der Waals surface area contributed by atoms with Gasteiger partial charge in [-0.15, -0.1) is 0 Å². The van der Waals surface area contributed by atoms with Gasteiger partial charge in [-0.25, -0.2) is 0 Å². The number of hydrogen-bond donors (Lipinski definition) is 1. The van der Waals surface area contributed by atoms with Crippen LogP contribution in [0.2, 0.25) is 10.0 Å². The summed E-state index contributed by atoms with van der Waals surface area (Å²) in [6.07, 6.45) is -0.743. The molecule has 2 aromatic carbocycles. The van der Waals surface area contributed by atoms with E-state index in [0.717, 1.165) is 5.56 Å². The molecule has 0 heterocycles. The van der Waals surface area contributed by atoms with E-state index in [1.54, 1.807) is 18.2 Å². The lowest BCUT2D eigenvalue weighted by atomic mass is 10.0. The van der Waals surface area contributed by atoms with Crippen LogP contribution in [-0.4, -0.2) is 5.11 Å². The molecule has 1 nitrogen and oxygen atoms in total. The summed E-state index contributed by atoms with van der Waals surface area (Å²) in [5.41, 5.74) is 1.42. The first-order valence-electron chi connectivity index (χ1n) is 4.86. The number of aliphatic hydroxyl groups excluding tert-OH is 1. The first-order chi connectivity index (χ1) is 7.68. The second-order valence-corrected chi connectivity index (χ2v) is 4.32. The van der Waals surface area contributed by atoms with Crippen LogP contribution in [0.3, 0.4) is 0 Å². The molecule has 0 radical (unpaired) electrons. The first kappa shape index (κ1) is 11.5. The van der Waals surface area contributed by atoms with E-state index in [9.17, 15) is 5.11 Å². The lowest BCUT2D eigenvalue weighted by Crippen LogP contribution is -2.00. The number of rotatable bonds is 2. The zero-order valence-corrected chi connectivity index (χ0v) is 9.91. The molecule has 1 atom stereocenters. The van der Waals surface area contributed by atoms with E-state index in [-0.39, 0.29) is 0 Å². The van der Waals surface area contributed by atoms with Crippen molar-refractivity contribution in [3.8, 4) is 0 Å². The lowest BCUT2D eigenvalue weighted by Gasteiger charge is -2.13. The molecule has 2 rings (SSSR count). The van der Waals surface area contributed by atoms with Crippen LogP contribution >= 0.6 is 23.2 Å². The van der Waals surface area contributed by atoms with Crippen LogP contribution in [0.1, 0.15) is 17.2 Å². The van der Waals surface area contributed by atoms with Crippen LogP contribution in [0.15, 0.2) is 48.5 Å². The van der Waals surface area contributed by atoms with Crippen LogP contribution < -0.4 is 0 Å². The van der Waals surface area contributed by atoms with Gasteiger partial charge in [-0.1, -0.05) is 53.5 Å². The SMILES string of the molecule is O[C@H](c1ccccc1)c1cc(Cl)ccc1Cl. The molecule has 0 saturated carbocycles. The maximum absolute atomic E-state index is 10.2. The molecule has 82 valence electrons. The molecule has 16 heavy (non-hydrogen) atoms. The fraction of sp³-hybridized carbons (Fsp3) is 0.0769. The molecule has 0 amide bonds. The third-order valence-corrected chi connectivity index (χ3v) is 2.95. The predicted molar refractivity (Wildman–Crippen MR) is 67.0 cm³/mol. The standard InChI is InChI=1S/C13H10Cl2O/c14-10-6-7-12(15)11(8-10)13(16)9-4-2-1-3-5-9/h1-8,13,16H/t13-/m1/s1. The molecule has 1 N–H and O–H groups in total. The molecule has 0 bridgehead atoms. The fourth-order valence-corrected chi connectivity index (χ4v) is 1.94. The fourth-order valence-electron chi connectivity index (χ4n) is 1.54. The van der Waals surface area contributed by atoms with Crippen molar-refractivity contribution in [3.05, 3.63) is 69.7 Å². The normalized spacial score (nSPS) is 12.4. The summed E-state index contributed by atoms with van der Waals surface area (Å²) in [4.78, 5) is 0. The summed E-state index contributed by atoms with van der Waals surface area (Å²) in [5, 5.41) is 11.2. The zero-order chi connectivity index (χ0) is 11.5. The lowest BCUT2D eigenvalue weighted by molar-refractivity contribution is 0.220. The molecule has 3 heteroatoms. The summed E-state index contributed by atoms with van der Waals surface area (Å²) in [7, 11) is 0. The van der Waals surface area contributed by atoms with Gasteiger partial charge in [0.2, 0.25) is 0 Å². The largest absolute Gasteiger partial charge is 0.384 e. The molecule has 0 spiro atoms. The van der Waals surface area contributed by atoms with Gasteiger partial charge in [0, 0.05) is 15.6 Å². The van der Waals surface area contributed by atoms with E-state index in [1.165, 1.54) is 0 Å². The highest BCUT2D eigenvalue weighted by Gasteiger charge is 2.13. The van der Waals surface area contributed by atoms with Gasteiger partial charge < -0.3 is 5.11 Å². The van der Waals surface area contributed by atoms with Crippen molar-refractivity contribution in [1.82, 2.24) is 0 Å². The highest BCUT2D eigenvalue weighted by atomic mass is 35.5. The van der Waals surface area contributed by atoms with Crippen molar-refractivity contribution in [2.24, 2.45) is 0 Å². The van der Waals surface area contributed by atoms with E-state index in [2.05, 4.69) is 0 Å². The highest BCUT2D eigenvalue weighted by Crippen LogP contribution is 2.30. The quantitative estimate of drug-likeness (QED) is 0.855. The average Bonchev–Trinajstić information content (AvgIpc) is 2.32. The Morgan fingerprint density at radius 2 is 1.62 bits per heavy atom. The van der Waals surface area contributed by atoms with Crippen LogP contribution in [-0.2, 0) is 0 Å². The summed E-state index contributed by atoms with van der Waals surface area (Å²) < 4.78 is 0. The van der Waals surface area contributed by atoms with Crippen LogP contribution in [0.5, 0.6) is 0 Å². The van der Waals surface area contributed by atoms with Gasteiger partial charge in [0.15, 0.2) is 0 Å². The second kappa shape index (κ2) is 4.88. The van der Waals surface area contributed by atoms with Crippen LogP contribution in [0.4, 0.5) is 0 Å². The van der Waals surface area contributed by atoms with Gasteiger partial charge in [-0.05, 0) is 23.8 Å². The third kappa shape index (κ3) is 2.38. The number of aliphatic hydroxyl groups is 1. The van der Waals surface area contributed by atoms with Gasteiger partial charge >= 0.3 is 0 Å². The minimum atomic E-state index is -0.743. The molecule has 0 unspecified atom stereocenters. The molecule has 0 aliphatic heterocycles. The predicted octanol–water partition coefficient (Wildman–Crippen LogP) is 4.08. The molecule has 0 aromatic heterocycles. The van der Waals surface area contributed by atoms with Crippen molar-refractivity contribution < 1.29 is 5.11 Å². The summed E-state index contributed by atoms with van der Waals surface area (Å²) in [6.45, 7) is 0. The van der Waals surface area contributed by atoms with Crippen molar-refractivity contribution in [1.29, 1.82) is 0 Å². The van der Waals surface area contributed by atoms with Gasteiger partial charge in [0.1, 0.15) is 6.10 Å². The molecule has 0 aliphatic carbocycles. The topological polar surface area (TPSA) is 20.2 Å². The highest BCUT2D eigenvalue weighted by molar-refractivity contribution is 6.33. The van der Waals surface area contributed by atoms with Gasteiger partial charge in [0.05, 0.1) is 0 Å². The van der Waals surface area contributed by atoms with Crippen molar-refractivity contribution in [2.75, 3.05) is 0 Å². The Bertz CT molecular complexity index is 483. The summed E-state index contributed by atoms with van der Waals surface area (Å²) in [6, 6.07) is 14.4. The maximum atomic E-state index is 10.2. The van der Waals surface area contributed by atoms with Crippen LogP contribution in [0.25, 0.3) is 0 Å². The molecule has 0 saturated heterocycles. The Labute approximate surface area is 104 Å². The molecule has 0 fully saturated rings. The monoisotopic (exact) mass is 252 g/mol. The molecular formula is C13H10Cl2O. The minimum Gasteiger partial charge on any atom is -0.384 e. The van der Waals surface area contributed by atoms with Crippen molar-refractivity contribution in [3.63, 3.8) is 0 Å². The van der Waals surface area contributed by atoms with E-state index in [1.807, 2.05) is 30.3 Å². The van der Waals surface area contributed by atoms with Crippen molar-refractivity contribution >= 4 is 23.2 Å². The maximum Gasteiger partial charge on any atom is 0.106 e. The van der Waals surface area contributed by atoms with Gasteiger partial charge in [-0.2, -0.15) is 0 Å². The van der Waals surface area contributed by atoms with Gasteiger partial charge in [-0.3, -0.25) is 0 Å². The van der Waals surface area contributed by atoms with Crippen LogP contribution in [0, 0.1) is 0 Å². The zero-order valence-electron chi connectivity index (χ0n) is 8.40.